The number of imidazole rings is 1. The summed E-state index contributed by atoms with van der Waals surface area (Å²) in [7, 11) is 0. The summed E-state index contributed by atoms with van der Waals surface area (Å²) in [5, 5.41) is 3.09. The Morgan fingerprint density at radius 2 is 1.91 bits per heavy atom. The number of amides is 1. The Bertz CT molecular complexity index is 603. The zero-order valence-corrected chi connectivity index (χ0v) is 15.3. The van der Waals surface area contributed by atoms with E-state index in [4.69, 9.17) is 5.73 Å². The second-order valence-corrected chi connectivity index (χ2v) is 5.42. The van der Waals surface area contributed by atoms with Gasteiger partial charge in [0.05, 0.1) is 22.9 Å². The molecule has 3 N–H and O–H groups in total. The van der Waals surface area contributed by atoms with Crippen molar-refractivity contribution in [1.29, 1.82) is 0 Å². The molecule has 2 rings (SSSR count). The molecule has 0 spiro atoms. The van der Waals surface area contributed by atoms with Crippen molar-refractivity contribution >= 4 is 41.8 Å². The molecular formula is C16H26Cl2N4O. The minimum Gasteiger partial charge on any atom is -0.349 e. The van der Waals surface area contributed by atoms with E-state index in [1.165, 1.54) is 0 Å². The van der Waals surface area contributed by atoms with Crippen LogP contribution in [0.5, 0.6) is 0 Å². The molecule has 5 nitrogen and oxygen atoms in total. The van der Waals surface area contributed by atoms with Crippen molar-refractivity contribution in [3.63, 3.8) is 0 Å². The molecule has 1 amide bonds. The average Bonchev–Trinajstić information content (AvgIpc) is 2.94. The minimum absolute atomic E-state index is 0. The lowest BCUT2D eigenvalue weighted by molar-refractivity contribution is -0.123. The number of hydrogen-bond acceptors (Lipinski definition) is 3. The molecule has 0 radical (unpaired) electrons. The summed E-state index contributed by atoms with van der Waals surface area (Å²) in [5.41, 5.74) is 7.55. The number of aromatic nitrogens is 2. The van der Waals surface area contributed by atoms with E-state index < -0.39 is 0 Å². The molecule has 1 heterocycles. The molecule has 0 atom stereocenters. The van der Waals surface area contributed by atoms with E-state index in [9.17, 15) is 4.79 Å². The number of fused-ring (bicyclic) bond motifs is 1. The van der Waals surface area contributed by atoms with Crippen LogP contribution in [0.25, 0.3) is 11.0 Å². The lowest BCUT2D eigenvalue weighted by atomic mass is 9.93. The maximum Gasteiger partial charge on any atom is 0.222 e. The van der Waals surface area contributed by atoms with Crippen molar-refractivity contribution in [2.45, 2.75) is 45.2 Å². The fraction of sp³-hybridized carbons (Fsp3) is 0.500. The Labute approximate surface area is 149 Å². The summed E-state index contributed by atoms with van der Waals surface area (Å²) < 4.78 is 2.01. The lowest BCUT2D eigenvalue weighted by Crippen LogP contribution is -2.53. The van der Waals surface area contributed by atoms with Gasteiger partial charge < -0.3 is 15.6 Å². The normalized spacial score (nSPS) is 10.7. The Hall–Kier alpha value is -1.30. The Morgan fingerprint density at radius 1 is 1.26 bits per heavy atom. The summed E-state index contributed by atoms with van der Waals surface area (Å²) in [4.78, 5) is 16.5. The first-order chi connectivity index (χ1) is 10.1. The summed E-state index contributed by atoms with van der Waals surface area (Å²) in [6.45, 7) is 5.21. The van der Waals surface area contributed by atoms with E-state index in [0.717, 1.165) is 23.9 Å². The molecule has 0 fully saturated rings. The third-order valence-electron chi connectivity index (χ3n) is 4.26. The van der Waals surface area contributed by atoms with E-state index in [0.29, 0.717) is 19.5 Å². The molecule has 7 heteroatoms. The molecule has 1 aromatic carbocycles. The number of carbonyl (C=O) groups excluding carboxylic acids is 1. The minimum atomic E-state index is -0.270. The molecule has 1 aromatic heterocycles. The first-order valence-electron chi connectivity index (χ1n) is 7.55. The first kappa shape index (κ1) is 21.7. The summed E-state index contributed by atoms with van der Waals surface area (Å²) in [6.07, 6.45) is 3.91. The van der Waals surface area contributed by atoms with Crippen LogP contribution in [0.1, 0.15) is 33.1 Å². The number of carbonyl (C=O) groups is 1. The van der Waals surface area contributed by atoms with Gasteiger partial charge in [0.1, 0.15) is 0 Å². The monoisotopic (exact) mass is 360 g/mol. The largest absolute Gasteiger partial charge is 0.349 e. The molecular weight excluding hydrogens is 335 g/mol. The first-order valence-corrected chi connectivity index (χ1v) is 7.55. The fourth-order valence-electron chi connectivity index (χ4n) is 2.54. The number of halogens is 2. The predicted octanol–water partition coefficient (Wildman–Crippen LogP) is 2.90. The zero-order chi connectivity index (χ0) is 15.3. The van der Waals surface area contributed by atoms with Crippen LogP contribution < -0.4 is 11.1 Å². The molecule has 0 aliphatic carbocycles. The van der Waals surface area contributed by atoms with E-state index >= 15 is 0 Å². The highest BCUT2D eigenvalue weighted by atomic mass is 35.5. The summed E-state index contributed by atoms with van der Waals surface area (Å²) >= 11 is 0. The van der Waals surface area contributed by atoms with Crippen LogP contribution in [-0.4, -0.2) is 27.5 Å². The molecule has 23 heavy (non-hydrogen) atoms. The van der Waals surface area contributed by atoms with Gasteiger partial charge in [0, 0.05) is 19.5 Å². The predicted molar refractivity (Wildman–Crippen MR) is 99.4 cm³/mol. The van der Waals surface area contributed by atoms with Crippen molar-refractivity contribution in [2.75, 3.05) is 6.54 Å². The number of nitrogens with two attached hydrogens (primary N) is 1. The topological polar surface area (TPSA) is 72.9 Å². The number of nitrogens with one attached hydrogen (secondary N) is 1. The Kier molecular flexibility index (Phi) is 9.20. The third-order valence-corrected chi connectivity index (χ3v) is 4.26. The number of para-hydroxylation sites is 2. The molecule has 0 unspecified atom stereocenters. The summed E-state index contributed by atoms with van der Waals surface area (Å²) in [5.74, 6) is 0.0435. The van der Waals surface area contributed by atoms with Gasteiger partial charge in [0.25, 0.3) is 0 Å². The van der Waals surface area contributed by atoms with E-state index in [1.807, 2.05) is 28.8 Å². The van der Waals surface area contributed by atoms with Gasteiger partial charge in [0.15, 0.2) is 0 Å². The third kappa shape index (κ3) is 5.09. The van der Waals surface area contributed by atoms with Crippen LogP contribution >= 0.6 is 24.8 Å². The zero-order valence-electron chi connectivity index (χ0n) is 13.6. The number of aryl methyl sites for hydroxylation is 1. The molecule has 2 aromatic rings. The van der Waals surface area contributed by atoms with Crippen molar-refractivity contribution in [3.05, 3.63) is 30.6 Å². The SMILES string of the molecule is CCC(CC)(CN)NC(=O)CCn1cnc2ccccc21.Cl.Cl. The Balaban J connectivity index is 0.00000242. The molecule has 0 saturated heterocycles. The van der Waals surface area contributed by atoms with Gasteiger partial charge in [-0.2, -0.15) is 0 Å². The van der Waals surface area contributed by atoms with Crippen molar-refractivity contribution in [3.8, 4) is 0 Å². The molecule has 0 aliphatic rings. The van der Waals surface area contributed by atoms with Crippen LogP contribution in [0.2, 0.25) is 0 Å². The van der Waals surface area contributed by atoms with E-state index in [2.05, 4.69) is 24.1 Å². The van der Waals surface area contributed by atoms with Gasteiger partial charge in [-0.1, -0.05) is 26.0 Å². The molecule has 0 saturated carbocycles. The highest BCUT2D eigenvalue weighted by Gasteiger charge is 2.25. The van der Waals surface area contributed by atoms with Crippen molar-refractivity contribution < 1.29 is 4.79 Å². The quantitative estimate of drug-likeness (QED) is 0.796. The van der Waals surface area contributed by atoms with Gasteiger partial charge in [0.2, 0.25) is 5.91 Å². The fourth-order valence-corrected chi connectivity index (χ4v) is 2.54. The van der Waals surface area contributed by atoms with Crippen LogP contribution in [0.15, 0.2) is 30.6 Å². The van der Waals surface area contributed by atoms with E-state index in [1.54, 1.807) is 6.33 Å². The lowest BCUT2D eigenvalue weighted by Gasteiger charge is -2.31. The Morgan fingerprint density at radius 3 is 2.52 bits per heavy atom. The molecule has 0 bridgehead atoms. The van der Waals surface area contributed by atoms with Gasteiger partial charge >= 0.3 is 0 Å². The van der Waals surface area contributed by atoms with Gasteiger partial charge in [-0.25, -0.2) is 4.98 Å². The van der Waals surface area contributed by atoms with Crippen LogP contribution in [0, 0.1) is 0 Å². The van der Waals surface area contributed by atoms with Gasteiger partial charge in [-0.05, 0) is 25.0 Å². The van der Waals surface area contributed by atoms with Gasteiger partial charge in [-0.15, -0.1) is 24.8 Å². The van der Waals surface area contributed by atoms with Gasteiger partial charge in [-0.3, -0.25) is 4.79 Å². The number of hydrogen-bond donors (Lipinski definition) is 2. The highest BCUT2D eigenvalue weighted by molar-refractivity contribution is 5.85. The van der Waals surface area contributed by atoms with Crippen LogP contribution in [-0.2, 0) is 11.3 Å². The number of nitrogens with zero attached hydrogens (tertiary/aromatic N) is 2. The standard InChI is InChI=1S/C16H24N4O.2ClH/c1-3-16(4-2,11-17)19-15(21)9-10-20-12-18-13-7-5-6-8-14(13)20;;/h5-8,12H,3-4,9-11,17H2,1-2H3,(H,19,21);2*1H. The molecule has 0 aliphatic heterocycles. The second-order valence-electron chi connectivity index (χ2n) is 5.42. The van der Waals surface area contributed by atoms with Crippen LogP contribution in [0.3, 0.4) is 0 Å². The number of benzene rings is 1. The average molecular weight is 361 g/mol. The highest BCUT2D eigenvalue weighted by Crippen LogP contribution is 2.15. The van der Waals surface area contributed by atoms with Crippen molar-refractivity contribution in [1.82, 2.24) is 14.9 Å². The van der Waals surface area contributed by atoms with E-state index in [-0.39, 0.29) is 36.3 Å². The second kappa shape index (κ2) is 9.75. The summed E-state index contributed by atoms with van der Waals surface area (Å²) in [6, 6.07) is 7.93. The van der Waals surface area contributed by atoms with Crippen LogP contribution in [0.4, 0.5) is 0 Å². The maximum atomic E-state index is 12.2. The molecule has 130 valence electrons. The smallest absolute Gasteiger partial charge is 0.222 e. The number of rotatable bonds is 7. The van der Waals surface area contributed by atoms with Crippen molar-refractivity contribution in [2.24, 2.45) is 5.73 Å². The maximum absolute atomic E-state index is 12.2.